The van der Waals surface area contributed by atoms with Crippen LogP contribution in [-0.4, -0.2) is 6.08 Å². The van der Waals surface area contributed by atoms with Crippen LogP contribution < -0.4 is 6.15 Å². The van der Waals surface area contributed by atoms with Crippen molar-refractivity contribution in [1.29, 1.82) is 0 Å². The molecule has 0 aromatic carbocycles. The molecule has 1 radical (unpaired) electrons. The second-order valence-corrected chi connectivity index (χ2v) is 0.0913. The van der Waals surface area contributed by atoms with Crippen LogP contribution in [0.2, 0.25) is 0 Å². The molecule has 0 heterocycles. The van der Waals surface area contributed by atoms with Crippen molar-refractivity contribution in [2.75, 3.05) is 0 Å². The van der Waals surface area contributed by atoms with Gasteiger partial charge in [0.05, 0.1) is 0 Å². The van der Waals surface area contributed by atoms with Crippen LogP contribution in [0.1, 0.15) is 0 Å². The van der Waals surface area contributed by atoms with Crippen molar-refractivity contribution >= 4 is 6.08 Å². The summed E-state index contributed by atoms with van der Waals surface area (Å²) in [6.07, 6.45) is 0.500. The zero-order valence-electron chi connectivity index (χ0n) is 2.69. The maximum absolute atomic E-state index is 8.24. The Balaban J connectivity index is -0.0000000200. The molecule has 0 aromatic heterocycles. The summed E-state index contributed by atoms with van der Waals surface area (Å²) in [5.74, 6) is 0. The van der Waals surface area contributed by atoms with E-state index in [9.17, 15) is 0 Å². The summed E-state index contributed by atoms with van der Waals surface area (Å²) < 4.78 is 0. The van der Waals surface area contributed by atoms with Crippen LogP contribution in [0.4, 0.5) is 0 Å². The molecule has 0 atom stereocenters. The molecule has 4 heteroatoms. The minimum atomic E-state index is 0. The normalized spacial score (nSPS) is 1.60. The molecule has 0 saturated carbocycles. The molecule has 0 aliphatic heterocycles. The maximum Gasteiger partial charge on any atom is 0 e. The van der Waals surface area contributed by atoms with Gasteiger partial charge in [0.1, 0.15) is 0 Å². The molecule has 5 heavy (non-hydrogen) atoms. The number of carbonyl (C=O) groups excluding carboxylic acids is 1. The Labute approximate surface area is 40.0 Å². The third-order valence-electron chi connectivity index (χ3n) is 0. The van der Waals surface area contributed by atoms with Gasteiger partial charge in [-0.2, -0.15) is 0 Å². The van der Waals surface area contributed by atoms with Gasteiger partial charge in [0.2, 0.25) is 0 Å². The van der Waals surface area contributed by atoms with Gasteiger partial charge in [0, 0.05) is 16.8 Å². The quantitative estimate of drug-likeness (QED) is 0.360. The number of hydrogen-bond donors (Lipinski definition) is 1. The van der Waals surface area contributed by atoms with Gasteiger partial charge in [-0.05, 0) is 6.08 Å². The molecule has 33 valence electrons. The standard InChI is InChI=1S/CNO.Co.H3N/c2-1-3;;/h;;1H3/q-1;;/p+1. The number of isocyanates is 1. The molecule has 0 amide bonds. The van der Waals surface area contributed by atoms with E-state index in [1.165, 1.54) is 0 Å². The van der Waals surface area contributed by atoms with Gasteiger partial charge in [-0.25, -0.2) is 0 Å². The number of hydrogen-bond acceptors (Lipinski definition) is 1. The Bertz CT molecular complexity index is 30.6. The summed E-state index contributed by atoms with van der Waals surface area (Å²) in [6, 6.07) is 0. The largest absolute Gasteiger partial charge is 0.724 e. The average molecular weight is 119 g/mol. The average Bonchev–Trinajstić information content (AvgIpc) is 0.918. The smallest absolute Gasteiger partial charge is 0 e. The van der Waals surface area contributed by atoms with Gasteiger partial charge >= 0.3 is 0 Å². The molecular weight excluding hydrogens is 115 g/mol. The molecule has 0 saturated heterocycles. The number of quaternary nitrogens is 1. The Morgan fingerprint density at radius 3 is 1.60 bits per heavy atom. The van der Waals surface area contributed by atoms with E-state index < -0.39 is 0 Å². The monoisotopic (exact) mass is 119 g/mol. The topological polar surface area (TPSA) is 75.9 Å². The molecule has 0 aromatic rings. The minimum absolute atomic E-state index is 0. The first kappa shape index (κ1) is 21.0. The Hall–Kier alpha value is -0.154. The summed E-state index contributed by atoms with van der Waals surface area (Å²) in [6.45, 7) is 0. The van der Waals surface area contributed by atoms with Crippen molar-refractivity contribution in [2.45, 2.75) is 0 Å². The molecular formula is CH4CoN2O. The first-order valence-corrected chi connectivity index (χ1v) is 0.428. The molecule has 0 spiro atoms. The third-order valence-corrected chi connectivity index (χ3v) is 0. The van der Waals surface area contributed by atoms with E-state index >= 15 is 0 Å². The van der Waals surface area contributed by atoms with Crippen LogP contribution >= 0.6 is 0 Å². The summed E-state index contributed by atoms with van der Waals surface area (Å²) in [5.41, 5.74) is 0. The molecule has 0 fully saturated rings. The van der Waals surface area contributed by atoms with E-state index in [-0.39, 0.29) is 22.9 Å². The van der Waals surface area contributed by atoms with Crippen LogP contribution in [0.15, 0.2) is 0 Å². The summed E-state index contributed by atoms with van der Waals surface area (Å²) in [4.78, 5) is 8.24. The van der Waals surface area contributed by atoms with E-state index in [1.54, 1.807) is 0 Å². The van der Waals surface area contributed by atoms with Gasteiger partial charge in [-0.1, -0.05) is 0 Å². The third kappa shape index (κ3) is 557. The van der Waals surface area contributed by atoms with E-state index in [1.807, 2.05) is 0 Å². The predicted octanol–water partition coefficient (Wildman–Crippen LogP) is 0.265. The molecule has 0 aliphatic carbocycles. The van der Waals surface area contributed by atoms with Gasteiger partial charge in [-0.3, -0.25) is 4.79 Å². The fourth-order valence-corrected chi connectivity index (χ4v) is 0. The fourth-order valence-electron chi connectivity index (χ4n) is 0. The van der Waals surface area contributed by atoms with Crippen molar-refractivity contribution < 1.29 is 21.6 Å². The van der Waals surface area contributed by atoms with E-state index in [2.05, 4.69) is 0 Å². The first-order chi connectivity index (χ1) is 1.41. The Kier molecular flexibility index (Phi) is 183. The van der Waals surface area contributed by atoms with E-state index in [0.717, 1.165) is 0 Å². The molecule has 4 N–H and O–H groups in total. The van der Waals surface area contributed by atoms with Crippen LogP contribution in [0, 0.1) is 0 Å². The second kappa shape index (κ2) is 43.5. The van der Waals surface area contributed by atoms with Gasteiger partial charge < -0.3 is 11.6 Å². The Morgan fingerprint density at radius 2 is 1.60 bits per heavy atom. The van der Waals surface area contributed by atoms with Crippen molar-refractivity contribution in [3.63, 3.8) is 0 Å². The summed E-state index contributed by atoms with van der Waals surface area (Å²) in [5, 5.41) is 6.76. The fraction of sp³-hybridized carbons (Fsp3) is 0. The first-order valence-electron chi connectivity index (χ1n) is 0.428. The Morgan fingerprint density at radius 1 is 1.60 bits per heavy atom. The van der Waals surface area contributed by atoms with Gasteiger partial charge in [-0.15, -0.1) is 0 Å². The van der Waals surface area contributed by atoms with Crippen molar-refractivity contribution in [1.82, 2.24) is 6.15 Å². The van der Waals surface area contributed by atoms with Crippen LogP contribution in [-0.2, 0) is 21.6 Å². The predicted molar refractivity (Wildman–Crippen MR) is 15.0 cm³/mol. The minimum Gasteiger partial charge on any atom is -0.724 e. The number of rotatable bonds is 0. The van der Waals surface area contributed by atoms with Gasteiger partial charge in [0.15, 0.2) is 0 Å². The molecule has 3 nitrogen and oxygen atoms in total. The van der Waals surface area contributed by atoms with Crippen molar-refractivity contribution in [3.05, 3.63) is 5.41 Å². The zero-order chi connectivity index (χ0) is 2.71. The van der Waals surface area contributed by atoms with Crippen LogP contribution in [0.3, 0.4) is 0 Å². The zero-order valence-corrected chi connectivity index (χ0v) is 3.73. The SMILES string of the molecule is [Co].[N-]=C=O.[NH4+]. The van der Waals surface area contributed by atoms with Gasteiger partial charge in [0.25, 0.3) is 0 Å². The molecule has 0 unspecified atom stereocenters. The molecule has 0 rings (SSSR count). The van der Waals surface area contributed by atoms with Crippen molar-refractivity contribution in [2.24, 2.45) is 0 Å². The summed E-state index contributed by atoms with van der Waals surface area (Å²) in [7, 11) is 0. The molecule has 0 bridgehead atoms. The second-order valence-electron chi connectivity index (χ2n) is 0.0913. The maximum atomic E-state index is 8.24. The van der Waals surface area contributed by atoms with E-state index in [4.69, 9.17) is 10.2 Å². The van der Waals surface area contributed by atoms with E-state index in [0.29, 0.717) is 6.08 Å². The molecule has 0 aliphatic rings. The summed E-state index contributed by atoms with van der Waals surface area (Å²) >= 11 is 0. The number of nitrogens with zero attached hydrogens (tertiary/aromatic N) is 1. The van der Waals surface area contributed by atoms with Crippen LogP contribution in [0.25, 0.3) is 5.41 Å². The van der Waals surface area contributed by atoms with Crippen molar-refractivity contribution in [3.8, 4) is 0 Å². The van der Waals surface area contributed by atoms with Crippen LogP contribution in [0.5, 0.6) is 0 Å².